The Hall–Kier alpha value is -1.57. The van der Waals surface area contributed by atoms with E-state index in [-0.39, 0.29) is 24.6 Å². The van der Waals surface area contributed by atoms with Crippen LogP contribution in [0.4, 0.5) is 4.79 Å². The molecule has 1 aliphatic heterocycles. The van der Waals surface area contributed by atoms with Crippen molar-refractivity contribution in [3.8, 4) is 0 Å². The first-order valence-corrected chi connectivity index (χ1v) is 7.75. The molecule has 0 spiro atoms. The van der Waals surface area contributed by atoms with E-state index >= 15 is 0 Å². The molecule has 1 N–H and O–H groups in total. The molecule has 0 bridgehead atoms. The van der Waals surface area contributed by atoms with Crippen molar-refractivity contribution in [2.45, 2.75) is 6.42 Å². The van der Waals surface area contributed by atoms with E-state index in [1.807, 2.05) is 0 Å². The van der Waals surface area contributed by atoms with Crippen molar-refractivity contribution in [1.29, 1.82) is 0 Å². The molecular weight excluding hydrogens is 272 g/mol. The molecule has 7 nitrogen and oxygen atoms in total. The van der Waals surface area contributed by atoms with Gasteiger partial charge in [0.2, 0.25) is 0 Å². The minimum atomic E-state index is -3.10. The van der Waals surface area contributed by atoms with E-state index in [1.54, 1.807) is 0 Å². The van der Waals surface area contributed by atoms with Gasteiger partial charge in [-0.2, -0.15) is 0 Å². The Labute approximate surface area is 112 Å². The van der Waals surface area contributed by atoms with Crippen LogP contribution in [0.2, 0.25) is 0 Å². The molecule has 0 aromatic heterocycles. The van der Waals surface area contributed by atoms with E-state index in [4.69, 9.17) is 5.11 Å². The van der Waals surface area contributed by atoms with Crippen molar-refractivity contribution in [1.82, 2.24) is 9.80 Å². The Balaban J connectivity index is 2.73. The number of carboxylic acids is 1. The summed E-state index contributed by atoms with van der Waals surface area (Å²) in [5, 5.41) is 8.75. The summed E-state index contributed by atoms with van der Waals surface area (Å²) in [5.74, 6) is -1.12. The van der Waals surface area contributed by atoms with Crippen LogP contribution in [-0.2, 0) is 14.6 Å². The van der Waals surface area contributed by atoms with E-state index in [9.17, 15) is 18.0 Å². The number of nitrogens with zero attached hydrogens (tertiary/aromatic N) is 2. The summed E-state index contributed by atoms with van der Waals surface area (Å²) in [5.41, 5.74) is 0. The highest BCUT2D eigenvalue weighted by molar-refractivity contribution is 7.91. The van der Waals surface area contributed by atoms with Gasteiger partial charge in [-0.3, -0.25) is 4.79 Å². The third kappa shape index (κ3) is 4.90. The fraction of sp³-hybridized carbons (Fsp3) is 0.636. The molecule has 108 valence electrons. The maximum Gasteiger partial charge on any atom is 0.323 e. The van der Waals surface area contributed by atoms with Crippen LogP contribution in [-0.4, -0.2) is 73.0 Å². The molecule has 0 saturated carbocycles. The summed E-state index contributed by atoms with van der Waals surface area (Å²) >= 11 is 0. The average molecular weight is 290 g/mol. The van der Waals surface area contributed by atoms with E-state index in [0.717, 1.165) is 4.90 Å². The second kappa shape index (κ2) is 6.55. The van der Waals surface area contributed by atoms with Gasteiger partial charge >= 0.3 is 12.0 Å². The first kappa shape index (κ1) is 15.5. The van der Waals surface area contributed by atoms with Gasteiger partial charge in [-0.15, -0.1) is 6.58 Å². The number of carbonyl (C=O) groups is 2. The Morgan fingerprint density at radius 1 is 1.32 bits per heavy atom. The number of aliphatic carboxylic acids is 1. The molecule has 0 aliphatic carbocycles. The smallest absolute Gasteiger partial charge is 0.323 e. The van der Waals surface area contributed by atoms with Gasteiger partial charge in [0, 0.05) is 19.6 Å². The molecule has 2 amide bonds. The van der Waals surface area contributed by atoms with Crippen LogP contribution < -0.4 is 0 Å². The summed E-state index contributed by atoms with van der Waals surface area (Å²) < 4.78 is 22.9. The number of amides is 2. The number of hydrogen-bond donors (Lipinski definition) is 1. The molecule has 0 aromatic rings. The number of carboxylic acid groups (broad SMARTS) is 1. The monoisotopic (exact) mass is 290 g/mol. The highest BCUT2D eigenvalue weighted by Crippen LogP contribution is 2.08. The summed E-state index contributed by atoms with van der Waals surface area (Å²) in [7, 11) is -3.10. The highest BCUT2D eigenvalue weighted by Gasteiger charge is 2.26. The second-order valence-electron chi connectivity index (χ2n) is 4.34. The van der Waals surface area contributed by atoms with Gasteiger partial charge in [0.15, 0.2) is 9.84 Å². The highest BCUT2D eigenvalue weighted by atomic mass is 32.2. The average Bonchev–Trinajstić information content (AvgIpc) is 2.48. The predicted octanol–water partition coefficient (Wildman–Crippen LogP) is -0.200. The summed E-state index contributed by atoms with van der Waals surface area (Å²) in [6.45, 7) is 3.60. The molecule has 0 unspecified atom stereocenters. The third-order valence-corrected chi connectivity index (χ3v) is 4.49. The first-order chi connectivity index (χ1) is 8.85. The normalized spacial score (nSPS) is 18.4. The van der Waals surface area contributed by atoms with E-state index in [0.29, 0.717) is 13.0 Å². The molecule has 1 rings (SSSR count). The van der Waals surface area contributed by atoms with Gasteiger partial charge in [0.1, 0.15) is 6.54 Å². The number of rotatable bonds is 4. The zero-order valence-electron chi connectivity index (χ0n) is 10.6. The van der Waals surface area contributed by atoms with Gasteiger partial charge < -0.3 is 14.9 Å². The van der Waals surface area contributed by atoms with Crippen LogP contribution in [0.15, 0.2) is 12.7 Å². The third-order valence-electron chi connectivity index (χ3n) is 2.77. The number of hydrogen-bond acceptors (Lipinski definition) is 4. The number of urea groups is 1. The molecule has 0 aromatic carbocycles. The van der Waals surface area contributed by atoms with Gasteiger partial charge in [0.25, 0.3) is 0 Å². The lowest BCUT2D eigenvalue weighted by Gasteiger charge is -2.27. The Morgan fingerprint density at radius 2 is 2.00 bits per heavy atom. The standard InChI is InChI=1S/C11H18N2O5S/c1-2-4-13(9-10(14)15)11(16)12-5-3-7-19(17,18)8-6-12/h2H,1,3-9H2,(H,14,15). The molecule has 8 heteroatoms. The van der Waals surface area contributed by atoms with Crippen LogP contribution in [0.25, 0.3) is 0 Å². The zero-order valence-corrected chi connectivity index (χ0v) is 11.4. The fourth-order valence-corrected chi connectivity index (χ4v) is 3.13. The van der Waals surface area contributed by atoms with Gasteiger partial charge in [-0.05, 0) is 6.42 Å². The molecule has 0 atom stereocenters. The van der Waals surface area contributed by atoms with E-state index in [2.05, 4.69) is 6.58 Å². The second-order valence-corrected chi connectivity index (χ2v) is 6.64. The Bertz CT molecular complexity index is 460. The zero-order chi connectivity index (χ0) is 14.5. The van der Waals surface area contributed by atoms with Crippen molar-refractivity contribution in [3.05, 3.63) is 12.7 Å². The first-order valence-electron chi connectivity index (χ1n) is 5.92. The lowest BCUT2D eigenvalue weighted by molar-refractivity contribution is -0.137. The van der Waals surface area contributed by atoms with Crippen LogP contribution >= 0.6 is 0 Å². The molecule has 1 fully saturated rings. The predicted molar refractivity (Wildman–Crippen MR) is 69.6 cm³/mol. The van der Waals surface area contributed by atoms with Crippen LogP contribution in [0.1, 0.15) is 6.42 Å². The maximum atomic E-state index is 12.1. The van der Waals surface area contributed by atoms with Crippen molar-refractivity contribution >= 4 is 21.8 Å². The molecule has 1 saturated heterocycles. The number of sulfone groups is 1. The number of carbonyl (C=O) groups excluding carboxylic acids is 1. The quantitative estimate of drug-likeness (QED) is 0.723. The molecular formula is C11H18N2O5S. The van der Waals surface area contributed by atoms with Crippen LogP contribution in [0.3, 0.4) is 0 Å². The summed E-state index contributed by atoms with van der Waals surface area (Å²) in [4.78, 5) is 25.4. The van der Waals surface area contributed by atoms with Gasteiger partial charge in [-0.1, -0.05) is 6.08 Å². The molecule has 19 heavy (non-hydrogen) atoms. The van der Waals surface area contributed by atoms with Gasteiger partial charge in [-0.25, -0.2) is 13.2 Å². The fourth-order valence-electron chi connectivity index (χ4n) is 1.86. The summed E-state index contributed by atoms with van der Waals surface area (Å²) in [6.07, 6.45) is 1.82. The SMILES string of the molecule is C=CCN(CC(=O)O)C(=O)N1CCCS(=O)(=O)CC1. The van der Waals surface area contributed by atoms with Gasteiger partial charge in [0.05, 0.1) is 11.5 Å². The van der Waals surface area contributed by atoms with E-state index < -0.39 is 28.4 Å². The maximum absolute atomic E-state index is 12.1. The minimum Gasteiger partial charge on any atom is -0.480 e. The topological polar surface area (TPSA) is 95.0 Å². The van der Waals surface area contributed by atoms with Crippen molar-refractivity contribution in [2.24, 2.45) is 0 Å². The van der Waals surface area contributed by atoms with Crippen LogP contribution in [0, 0.1) is 0 Å². The van der Waals surface area contributed by atoms with Crippen molar-refractivity contribution in [3.63, 3.8) is 0 Å². The largest absolute Gasteiger partial charge is 0.480 e. The van der Waals surface area contributed by atoms with Crippen molar-refractivity contribution < 1.29 is 23.1 Å². The molecule has 1 aliphatic rings. The lowest BCUT2D eigenvalue weighted by Crippen LogP contribution is -2.46. The van der Waals surface area contributed by atoms with E-state index in [1.165, 1.54) is 11.0 Å². The summed E-state index contributed by atoms with van der Waals surface area (Å²) in [6, 6.07) is -0.459. The molecule has 0 radical (unpaired) electrons. The Morgan fingerprint density at radius 3 is 2.58 bits per heavy atom. The Kier molecular flexibility index (Phi) is 5.34. The van der Waals surface area contributed by atoms with Crippen molar-refractivity contribution in [2.75, 3.05) is 37.7 Å². The minimum absolute atomic E-state index is 0.0666. The van der Waals surface area contributed by atoms with Crippen LogP contribution in [0.5, 0.6) is 0 Å². The lowest BCUT2D eigenvalue weighted by atomic mass is 10.4. The molecule has 1 heterocycles.